The van der Waals surface area contributed by atoms with Gasteiger partial charge in [0.2, 0.25) is 0 Å². The van der Waals surface area contributed by atoms with Crippen LogP contribution in [-0.2, 0) is 11.3 Å². The van der Waals surface area contributed by atoms with Crippen LogP contribution in [0.1, 0.15) is 70.8 Å². The maximum absolute atomic E-state index is 5.63. The minimum absolute atomic E-state index is 0.162. The molecule has 150 valence electrons. The topological polar surface area (TPSA) is 12.5 Å². The molecule has 2 rings (SSSR count). The first-order chi connectivity index (χ1) is 13.1. The van der Waals surface area contributed by atoms with Crippen LogP contribution in [0.25, 0.3) is 0 Å². The molecule has 27 heavy (non-hydrogen) atoms. The molecule has 0 fully saturated rings. The number of halogens is 1. The summed E-state index contributed by atoms with van der Waals surface area (Å²) in [7, 11) is 1.79. The molecule has 1 unspecified atom stereocenters. The van der Waals surface area contributed by atoms with E-state index in [9.17, 15) is 0 Å². The van der Waals surface area contributed by atoms with Gasteiger partial charge in [0.15, 0.2) is 0 Å². The molecule has 1 aromatic carbocycles. The third-order valence-electron chi connectivity index (χ3n) is 5.45. The number of allylic oxidation sites excluding steroid dienone is 1. The van der Waals surface area contributed by atoms with E-state index in [1.807, 2.05) is 0 Å². The van der Waals surface area contributed by atoms with Crippen molar-refractivity contribution in [2.75, 3.05) is 13.7 Å². The van der Waals surface area contributed by atoms with Crippen LogP contribution in [0.5, 0.6) is 0 Å². The highest BCUT2D eigenvalue weighted by Crippen LogP contribution is 2.27. The fraction of sp³-hybridized carbons (Fsp3) is 0.583. The predicted octanol–water partition coefficient (Wildman–Crippen LogP) is 7.25. The van der Waals surface area contributed by atoms with Crippen molar-refractivity contribution in [2.24, 2.45) is 0 Å². The standard InChI is InChI=1S/C24H36BrNO/c1-4-5-6-7-8-9-10-18-26(20-21-12-11-13-22(25)19-21)23-14-16-24(2,27-3)17-15-23/h11-16,19H,4-10,17-18,20H2,1-3H3. The number of methoxy groups -OCH3 is 1. The van der Waals surface area contributed by atoms with Gasteiger partial charge < -0.3 is 9.64 Å². The number of benzene rings is 1. The van der Waals surface area contributed by atoms with Gasteiger partial charge in [-0.15, -0.1) is 0 Å². The monoisotopic (exact) mass is 433 g/mol. The quantitative estimate of drug-likeness (QED) is 0.321. The number of ether oxygens (including phenoxy) is 1. The second-order valence-corrected chi connectivity index (χ2v) is 8.77. The molecule has 0 saturated carbocycles. The summed E-state index contributed by atoms with van der Waals surface area (Å²) in [5.74, 6) is 0. The maximum atomic E-state index is 5.63. The van der Waals surface area contributed by atoms with Gasteiger partial charge in [-0.05, 0) is 37.1 Å². The summed E-state index contributed by atoms with van der Waals surface area (Å²) in [4.78, 5) is 2.53. The molecule has 0 radical (unpaired) electrons. The molecule has 0 N–H and O–H groups in total. The van der Waals surface area contributed by atoms with Crippen LogP contribution >= 0.6 is 15.9 Å². The van der Waals surface area contributed by atoms with Crippen LogP contribution in [0.2, 0.25) is 0 Å². The Hall–Kier alpha value is -1.06. The van der Waals surface area contributed by atoms with Crippen molar-refractivity contribution in [1.82, 2.24) is 4.90 Å². The lowest BCUT2D eigenvalue weighted by Crippen LogP contribution is -2.29. The van der Waals surface area contributed by atoms with E-state index in [0.717, 1.165) is 24.0 Å². The van der Waals surface area contributed by atoms with Gasteiger partial charge in [0, 0.05) is 36.8 Å². The van der Waals surface area contributed by atoms with E-state index in [0.29, 0.717) is 0 Å². The highest BCUT2D eigenvalue weighted by molar-refractivity contribution is 9.10. The maximum Gasteiger partial charge on any atom is 0.0869 e. The lowest BCUT2D eigenvalue weighted by molar-refractivity contribution is 0.0493. The molecule has 3 heteroatoms. The van der Waals surface area contributed by atoms with Crippen LogP contribution < -0.4 is 0 Å². The molecule has 0 heterocycles. The first-order valence-corrected chi connectivity index (χ1v) is 11.3. The first-order valence-electron chi connectivity index (χ1n) is 10.5. The van der Waals surface area contributed by atoms with E-state index in [4.69, 9.17) is 4.74 Å². The summed E-state index contributed by atoms with van der Waals surface area (Å²) in [6.45, 7) is 6.49. The van der Waals surface area contributed by atoms with Gasteiger partial charge in [0.05, 0.1) is 5.60 Å². The molecule has 0 amide bonds. The largest absolute Gasteiger partial charge is 0.374 e. The minimum Gasteiger partial charge on any atom is -0.374 e. The van der Waals surface area contributed by atoms with Gasteiger partial charge in [-0.1, -0.05) is 85.7 Å². The van der Waals surface area contributed by atoms with Gasteiger partial charge in [-0.25, -0.2) is 0 Å². The fourth-order valence-corrected chi connectivity index (χ4v) is 3.95. The summed E-state index contributed by atoms with van der Waals surface area (Å²) in [6, 6.07) is 8.66. The Kier molecular flexibility index (Phi) is 9.64. The van der Waals surface area contributed by atoms with Gasteiger partial charge >= 0.3 is 0 Å². The van der Waals surface area contributed by atoms with Crippen molar-refractivity contribution in [1.29, 1.82) is 0 Å². The summed E-state index contributed by atoms with van der Waals surface area (Å²) in [5, 5.41) is 0. The van der Waals surface area contributed by atoms with Crippen LogP contribution in [0.4, 0.5) is 0 Å². The molecule has 0 bridgehead atoms. The number of hydrogen-bond donors (Lipinski definition) is 0. The second kappa shape index (κ2) is 11.7. The summed E-state index contributed by atoms with van der Waals surface area (Å²) in [6.07, 6.45) is 17.1. The Balaban J connectivity index is 1.94. The van der Waals surface area contributed by atoms with Crippen LogP contribution in [0.15, 0.2) is 52.7 Å². The zero-order valence-corrected chi connectivity index (χ0v) is 18.9. The van der Waals surface area contributed by atoms with Gasteiger partial charge in [0.25, 0.3) is 0 Å². The van der Waals surface area contributed by atoms with Crippen LogP contribution in [0.3, 0.4) is 0 Å². The Bertz CT molecular complexity index is 625. The van der Waals surface area contributed by atoms with Crippen molar-refractivity contribution in [3.8, 4) is 0 Å². The Labute approximate surface area is 174 Å². The van der Waals surface area contributed by atoms with Gasteiger partial charge in [-0.3, -0.25) is 0 Å². The number of unbranched alkanes of at least 4 members (excludes halogenated alkanes) is 6. The molecule has 0 aliphatic heterocycles. The smallest absolute Gasteiger partial charge is 0.0869 e. The Morgan fingerprint density at radius 2 is 1.85 bits per heavy atom. The van der Waals surface area contributed by atoms with Crippen molar-refractivity contribution in [2.45, 2.75) is 77.4 Å². The van der Waals surface area contributed by atoms with E-state index < -0.39 is 0 Å². The summed E-state index contributed by atoms with van der Waals surface area (Å²) in [5.41, 5.74) is 2.52. The zero-order chi connectivity index (χ0) is 19.5. The number of nitrogens with zero attached hydrogens (tertiary/aromatic N) is 1. The van der Waals surface area contributed by atoms with E-state index in [1.54, 1.807) is 7.11 Å². The van der Waals surface area contributed by atoms with E-state index in [1.165, 1.54) is 56.2 Å². The molecular formula is C24H36BrNO. The molecule has 2 nitrogen and oxygen atoms in total. The molecule has 0 saturated heterocycles. The van der Waals surface area contributed by atoms with E-state index in [2.05, 4.69) is 77.2 Å². The average Bonchev–Trinajstić information content (AvgIpc) is 2.67. The third kappa shape index (κ3) is 7.83. The Morgan fingerprint density at radius 1 is 1.11 bits per heavy atom. The lowest BCUT2D eigenvalue weighted by Gasteiger charge is -2.32. The second-order valence-electron chi connectivity index (χ2n) is 7.86. The summed E-state index contributed by atoms with van der Waals surface area (Å²) < 4.78 is 6.78. The first kappa shape index (κ1) is 22.2. The van der Waals surface area contributed by atoms with Crippen LogP contribution in [-0.4, -0.2) is 24.2 Å². The highest BCUT2D eigenvalue weighted by atomic mass is 79.9. The molecule has 1 aromatic rings. The molecule has 1 aliphatic carbocycles. The normalized spacial score (nSPS) is 19.2. The van der Waals surface area contributed by atoms with E-state index in [-0.39, 0.29) is 5.60 Å². The van der Waals surface area contributed by atoms with Gasteiger partial charge in [0.1, 0.15) is 0 Å². The van der Waals surface area contributed by atoms with Gasteiger partial charge in [-0.2, -0.15) is 0 Å². The third-order valence-corrected chi connectivity index (χ3v) is 5.94. The summed E-state index contributed by atoms with van der Waals surface area (Å²) >= 11 is 3.60. The van der Waals surface area contributed by atoms with Crippen LogP contribution in [0, 0.1) is 0 Å². The molecule has 0 spiro atoms. The molecule has 1 aliphatic rings. The van der Waals surface area contributed by atoms with Crippen molar-refractivity contribution < 1.29 is 4.74 Å². The minimum atomic E-state index is -0.162. The molecule has 0 aromatic heterocycles. The van der Waals surface area contributed by atoms with Crippen molar-refractivity contribution >= 4 is 15.9 Å². The average molecular weight is 434 g/mol. The predicted molar refractivity (Wildman–Crippen MR) is 120 cm³/mol. The zero-order valence-electron chi connectivity index (χ0n) is 17.3. The van der Waals surface area contributed by atoms with E-state index >= 15 is 0 Å². The molecular weight excluding hydrogens is 398 g/mol. The molecule has 1 atom stereocenters. The highest BCUT2D eigenvalue weighted by Gasteiger charge is 2.23. The van der Waals surface area contributed by atoms with Crippen molar-refractivity contribution in [3.05, 3.63) is 58.2 Å². The SMILES string of the molecule is CCCCCCCCCN(Cc1cccc(Br)c1)C1=CCC(C)(OC)C=C1. The Morgan fingerprint density at radius 3 is 2.48 bits per heavy atom. The number of hydrogen-bond acceptors (Lipinski definition) is 2. The number of rotatable bonds is 12. The van der Waals surface area contributed by atoms with Crippen molar-refractivity contribution in [3.63, 3.8) is 0 Å². The fourth-order valence-electron chi connectivity index (χ4n) is 3.51. The lowest BCUT2D eigenvalue weighted by atomic mass is 9.95.